The molecule has 3 aromatic carbocycles. The molecule has 3 aromatic rings. The molecule has 0 aromatic heterocycles. The van der Waals surface area contributed by atoms with Gasteiger partial charge in [0.1, 0.15) is 23.3 Å². The van der Waals surface area contributed by atoms with Gasteiger partial charge < -0.3 is 20.9 Å². The molecule has 0 radical (unpaired) electrons. The van der Waals surface area contributed by atoms with Crippen LogP contribution in [0.25, 0.3) is 11.1 Å². The molecule has 7 nitrogen and oxygen atoms in total. The number of benzene rings is 3. The summed E-state index contributed by atoms with van der Waals surface area (Å²) in [6.45, 7) is 1.16. The first-order valence-corrected chi connectivity index (χ1v) is 10.2. The van der Waals surface area contributed by atoms with Gasteiger partial charge in [0.2, 0.25) is 0 Å². The van der Waals surface area contributed by atoms with Crippen LogP contribution in [0.1, 0.15) is 29.7 Å². The molecule has 0 saturated carbocycles. The molecular formula is C25H24F3N3O4. The Balaban J connectivity index is 0.00000100. The van der Waals surface area contributed by atoms with Crippen LogP contribution in [0.3, 0.4) is 0 Å². The van der Waals surface area contributed by atoms with Crippen LogP contribution in [0.2, 0.25) is 0 Å². The highest BCUT2D eigenvalue weighted by molar-refractivity contribution is 5.94. The second-order valence-electron chi connectivity index (χ2n) is 7.29. The molecule has 5 N–H and O–H groups in total. The fourth-order valence-corrected chi connectivity index (χ4v) is 3.10. The van der Waals surface area contributed by atoms with Crippen molar-refractivity contribution in [3.8, 4) is 11.1 Å². The standard InChI is InChI=1S/C23H20F3N3O2.C2H4O2/c1-31-21(23(30)29-12-13-2-4-15(5-3-13)22(27)28)19-18(25)11-10-17(20(19)26)14-6-8-16(24)9-7-14;1-2(3)4/h2-11,21H,12H2,1H3,(H3,27,28)(H,29,30);1H3,(H,3,4). The fraction of sp³-hybridized carbons (Fsp3) is 0.160. The second kappa shape index (κ2) is 12.3. The van der Waals surface area contributed by atoms with E-state index in [0.717, 1.165) is 25.1 Å². The molecule has 0 saturated heterocycles. The molecule has 1 unspecified atom stereocenters. The van der Waals surface area contributed by atoms with Crippen molar-refractivity contribution in [3.63, 3.8) is 0 Å². The summed E-state index contributed by atoms with van der Waals surface area (Å²) in [6.07, 6.45) is -1.53. The summed E-state index contributed by atoms with van der Waals surface area (Å²) in [7, 11) is 1.18. The molecule has 184 valence electrons. The Bertz CT molecular complexity index is 1200. The lowest BCUT2D eigenvalue weighted by atomic mass is 9.98. The van der Waals surface area contributed by atoms with E-state index in [1.165, 1.54) is 25.3 Å². The van der Waals surface area contributed by atoms with Gasteiger partial charge in [-0.2, -0.15) is 0 Å². The van der Waals surface area contributed by atoms with Crippen molar-refractivity contribution in [1.29, 1.82) is 5.41 Å². The fourth-order valence-electron chi connectivity index (χ4n) is 3.10. The molecule has 1 atom stereocenters. The van der Waals surface area contributed by atoms with Gasteiger partial charge in [0.15, 0.2) is 6.10 Å². The van der Waals surface area contributed by atoms with Crippen molar-refractivity contribution in [2.75, 3.05) is 7.11 Å². The number of carboxylic acid groups (broad SMARTS) is 1. The van der Waals surface area contributed by atoms with E-state index in [4.69, 9.17) is 25.8 Å². The van der Waals surface area contributed by atoms with Gasteiger partial charge >= 0.3 is 0 Å². The minimum Gasteiger partial charge on any atom is -0.481 e. The van der Waals surface area contributed by atoms with Gasteiger partial charge in [-0.3, -0.25) is 15.0 Å². The summed E-state index contributed by atoms with van der Waals surface area (Å²) in [5.74, 6) is -4.03. The number of carbonyl (C=O) groups is 2. The molecule has 1 amide bonds. The Hall–Kier alpha value is -4.18. The highest BCUT2D eigenvalue weighted by Gasteiger charge is 2.28. The zero-order valence-corrected chi connectivity index (χ0v) is 18.9. The Kier molecular flexibility index (Phi) is 9.54. The minimum atomic E-state index is -1.53. The van der Waals surface area contributed by atoms with Crippen molar-refractivity contribution in [3.05, 3.63) is 94.8 Å². The summed E-state index contributed by atoms with van der Waals surface area (Å²) >= 11 is 0. The van der Waals surface area contributed by atoms with E-state index in [2.05, 4.69) is 5.32 Å². The molecule has 0 aliphatic rings. The molecular weight excluding hydrogens is 463 g/mol. The van der Waals surface area contributed by atoms with Crippen molar-refractivity contribution < 1.29 is 32.6 Å². The Labute approximate surface area is 199 Å². The van der Waals surface area contributed by atoms with Gasteiger partial charge in [0.25, 0.3) is 11.9 Å². The Morgan fingerprint density at radius 2 is 1.60 bits per heavy atom. The van der Waals surface area contributed by atoms with Crippen molar-refractivity contribution in [1.82, 2.24) is 5.32 Å². The first-order chi connectivity index (χ1) is 16.5. The normalized spacial score (nSPS) is 11.1. The number of amides is 1. The maximum atomic E-state index is 15.2. The van der Waals surface area contributed by atoms with Crippen molar-refractivity contribution in [2.45, 2.75) is 19.6 Å². The third-order valence-electron chi connectivity index (χ3n) is 4.75. The predicted octanol–water partition coefficient (Wildman–Crippen LogP) is 4.15. The molecule has 0 aliphatic carbocycles. The van der Waals surface area contributed by atoms with Crippen LogP contribution in [0, 0.1) is 22.9 Å². The van der Waals surface area contributed by atoms with Crippen LogP contribution in [-0.2, 0) is 20.9 Å². The van der Waals surface area contributed by atoms with Gasteiger partial charge in [0, 0.05) is 31.7 Å². The summed E-state index contributed by atoms with van der Waals surface area (Å²) in [6, 6.07) is 13.9. The van der Waals surface area contributed by atoms with E-state index in [1.54, 1.807) is 24.3 Å². The summed E-state index contributed by atoms with van der Waals surface area (Å²) in [5.41, 5.74) is 6.46. The predicted molar refractivity (Wildman–Crippen MR) is 124 cm³/mol. The summed E-state index contributed by atoms with van der Waals surface area (Å²) < 4.78 is 48.0. The zero-order valence-electron chi connectivity index (χ0n) is 18.9. The van der Waals surface area contributed by atoms with Gasteiger partial charge in [-0.25, -0.2) is 13.2 Å². The topological polar surface area (TPSA) is 125 Å². The van der Waals surface area contributed by atoms with Crippen molar-refractivity contribution in [2.24, 2.45) is 5.73 Å². The molecule has 35 heavy (non-hydrogen) atoms. The van der Waals surface area contributed by atoms with E-state index in [0.29, 0.717) is 16.7 Å². The minimum absolute atomic E-state index is 0.0195. The number of ether oxygens (including phenoxy) is 1. The first-order valence-electron chi connectivity index (χ1n) is 10.2. The molecule has 0 aliphatic heterocycles. The monoisotopic (exact) mass is 487 g/mol. The number of nitrogens with two attached hydrogens (primary N) is 1. The third kappa shape index (κ3) is 7.41. The van der Waals surface area contributed by atoms with Crippen LogP contribution in [0.15, 0.2) is 60.7 Å². The maximum Gasteiger partial charge on any atom is 0.300 e. The van der Waals surface area contributed by atoms with Gasteiger partial charge in [-0.15, -0.1) is 0 Å². The number of nitrogens with one attached hydrogen (secondary N) is 2. The summed E-state index contributed by atoms with van der Waals surface area (Å²) in [4.78, 5) is 21.6. The summed E-state index contributed by atoms with van der Waals surface area (Å²) in [5, 5.41) is 17.4. The number of rotatable bonds is 7. The van der Waals surface area contributed by atoms with E-state index in [9.17, 15) is 13.6 Å². The highest BCUT2D eigenvalue weighted by Crippen LogP contribution is 2.31. The van der Waals surface area contributed by atoms with E-state index in [1.807, 2.05) is 0 Å². The lowest BCUT2D eigenvalue weighted by molar-refractivity contribution is -0.134. The van der Waals surface area contributed by atoms with Gasteiger partial charge in [0.05, 0.1) is 5.56 Å². The van der Waals surface area contributed by atoms with E-state index in [-0.39, 0.29) is 17.9 Å². The second-order valence-corrected chi connectivity index (χ2v) is 7.29. The SMILES string of the molecule is CC(=O)O.COC(C(=O)NCc1ccc(C(=N)N)cc1)c1c(F)ccc(-c2ccc(F)cc2)c1F. The molecule has 0 heterocycles. The average Bonchev–Trinajstić information content (AvgIpc) is 2.81. The Morgan fingerprint density at radius 3 is 2.11 bits per heavy atom. The van der Waals surface area contributed by atoms with E-state index >= 15 is 4.39 Å². The number of nitrogen functional groups attached to an aromatic ring is 1. The zero-order chi connectivity index (χ0) is 26.1. The maximum absolute atomic E-state index is 15.2. The Morgan fingerprint density at radius 1 is 1.03 bits per heavy atom. The molecule has 0 fully saturated rings. The third-order valence-corrected chi connectivity index (χ3v) is 4.75. The lowest BCUT2D eigenvalue weighted by Crippen LogP contribution is -2.31. The van der Waals surface area contributed by atoms with Crippen molar-refractivity contribution >= 4 is 17.7 Å². The van der Waals surface area contributed by atoms with Gasteiger partial charge in [-0.1, -0.05) is 36.4 Å². The number of halogens is 3. The molecule has 0 spiro atoms. The molecule has 0 bridgehead atoms. The number of hydrogen-bond acceptors (Lipinski definition) is 4. The quantitative estimate of drug-likeness (QED) is 0.294. The number of amidine groups is 1. The molecule has 10 heteroatoms. The number of methoxy groups -OCH3 is 1. The van der Waals surface area contributed by atoms with Crippen LogP contribution >= 0.6 is 0 Å². The lowest BCUT2D eigenvalue weighted by Gasteiger charge is -2.19. The number of hydrogen-bond donors (Lipinski definition) is 4. The van der Waals surface area contributed by atoms with Crippen LogP contribution in [-0.4, -0.2) is 29.9 Å². The highest BCUT2D eigenvalue weighted by atomic mass is 19.1. The number of carbonyl (C=O) groups excluding carboxylic acids is 1. The molecule has 3 rings (SSSR count). The number of carboxylic acids is 1. The smallest absolute Gasteiger partial charge is 0.300 e. The van der Waals surface area contributed by atoms with E-state index < -0.39 is 41.0 Å². The first kappa shape index (κ1) is 27.1. The van der Waals surface area contributed by atoms with Crippen LogP contribution < -0.4 is 11.1 Å². The largest absolute Gasteiger partial charge is 0.481 e. The number of aliphatic carboxylic acids is 1. The average molecular weight is 487 g/mol. The van der Waals surface area contributed by atoms with Gasteiger partial charge in [-0.05, 0) is 35.4 Å². The van der Waals surface area contributed by atoms with Crippen LogP contribution in [0.4, 0.5) is 13.2 Å². The van der Waals surface area contributed by atoms with Crippen LogP contribution in [0.5, 0.6) is 0 Å².